The number of sulfonamides is 1. The first-order valence-electron chi connectivity index (χ1n) is 9.50. The van der Waals surface area contributed by atoms with Gasteiger partial charge in [-0.1, -0.05) is 49.7 Å². The van der Waals surface area contributed by atoms with Crippen LogP contribution < -0.4 is 4.72 Å². The van der Waals surface area contributed by atoms with Crippen LogP contribution in [0.4, 0.5) is 5.82 Å². The van der Waals surface area contributed by atoms with Gasteiger partial charge < -0.3 is 5.21 Å². The van der Waals surface area contributed by atoms with E-state index in [1.807, 2.05) is 0 Å². The highest BCUT2D eigenvalue weighted by Crippen LogP contribution is 2.25. The van der Waals surface area contributed by atoms with Gasteiger partial charge in [0, 0.05) is 24.4 Å². The lowest BCUT2D eigenvalue weighted by Crippen LogP contribution is -2.16. The minimum atomic E-state index is -3.84. The van der Waals surface area contributed by atoms with Crippen molar-refractivity contribution in [1.82, 2.24) is 9.97 Å². The van der Waals surface area contributed by atoms with Gasteiger partial charge in [-0.3, -0.25) is 9.71 Å². The Labute approximate surface area is 186 Å². The van der Waals surface area contributed by atoms with Crippen LogP contribution in [0.1, 0.15) is 37.6 Å². The molecule has 2 heterocycles. The highest BCUT2D eigenvalue weighted by Gasteiger charge is 2.19. The third-order valence-corrected chi connectivity index (χ3v) is 6.35. The average Bonchev–Trinajstić information content (AvgIpc) is 2.74. The van der Waals surface area contributed by atoms with Crippen molar-refractivity contribution < 1.29 is 13.6 Å². The van der Waals surface area contributed by atoms with Crippen molar-refractivity contribution in [1.29, 1.82) is 0 Å². The largest absolute Gasteiger partial charge is 0.411 e. The van der Waals surface area contributed by atoms with E-state index in [0.717, 1.165) is 5.56 Å². The number of oxime groups is 1. The van der Waals surface area contributed by atoms with Crippen molar-refractivity contribution in [2.45, 2.75) is 37.5 Å². The molecule has 9 heteroatoms. The van der Waals surface area contributed by atoms with Crippen LogP contribution in [-0.2, 0) is 21.9 Å². The standard InChI is InChI=1S/C22H23ClN4O3S/c1-22(2,3)16-6-8-17(9-7-16)31(29,30)27-21-11-10-18(23)20(25-21)13-19(26-28)15-5-4-12-24-14-15/h4-12,14,28H,13H2,1-3H3,(H,25,27)/b26-19-. The van der Waals surface area contributed by atoms with Crippen LogP contribution in [0, 0.1) is 0 Å². The molecule has 3 rings (SSSR count). The molecule has 2 N–H and O–H groups in total. The molecule has 0 aliphatic rings. The van der Waals surface area contributed by atoms with Crippen LogP contribution in [0.15, 0.2) is 71.0 Å². The highest BCUT2D eigenvalue weighted by molar-refractivity contribution is 7.92. The van der Waals surface area contributed by atoms with Gasteiger partial charge in [-0.2, -0.15) is 0 Å². The topological polar surface area (TPSA) is 105 Å². The Kier molecular flexibility index (Phi) is 6.62. The van der Waals surface area contributed by atoms with Crippen molar-refractivity contribution in [2.24, 2.45) is 5.16 Å². The Balaban J connectivity index is 1.84. The van der Waals surface area contributed by atoms with Crippen molar-refractivity contribution in [3.63, 3.8) is 0 Å². The predicted octanol–water partition coefficient (Wildman–Crippen LogP) is 4.65. The van der Waals surface area contributed by atoms with Gasteiger partial charge in [-0.25, -0.2) is 13.4 Å². The van der Waals surface area contributed by atoms with Gasteiger partial charge in [0.2, 0.25) is 0 Å². The molecular weight excluding hydrogens is 436 g/mol. The molecular formula is C22H23ClN4O3S. The summed E-state index contributed by atoms with van der Waals surface area (Å²) >= 11 is 6.24. The Morgan fingerprint density at radius 2 is 1.84 bits per heavy atom. The highest BCUT2D eigenvalue weighted by atomic mass is 35.5. The lowest BCUT2D eigenvalue weighted by molar-refractivity contribution is 0.318. The van der Waals surface area contributed by atoms with E-state index in [2.05, 4.69) is 40.6 Å². The molecule has 0 bridgehead atoms. The van der Waals surface area contributed by atoms with Crippen molar-refractivity contribution >= 4 is 33.2 Å². The summed E-state index contributed by atoms with van der Waals surface area (Å²) < 4.78 is 28.1. The predicted molar refractivity (Wildman–Crippen MR) is 121 cm³/mol. The Bertz CT molecular complexity index is 1190. The first-order valence-corrected chi connectivity index (χ1v) is 11.4. The number of pyridine rings is 2. The van der Waals surface area contributed by atoms with Gasteiger partial charge in [0.05, 0.1) is 21.3 Å². The molecule has 31 heavy (non-hydrogen) atoms. The fourth-order valence-corrected chi connectivity index (χ4v) is 4.06. The molecule has 0 spiro atoms. The maximum absolute atomic E-state index is 12.8. The molecule has 0 unspecified atom stereocenters. The van der Waals surface area contributed by atoms with Gasteiger partial charge in [0.1, 0.15) is 5.82 Å². The Morgan fingerprint density at radius 1 is 1.13 bits per heavy atom. The van der Waals surface area contributed by atoms with Crippen LogP contribution in [0.2, 0.25) is 5.02 Å². The van der Waals surface area contributed by atoms with Gasteiger partial charge >= 0.3 is 0 Å². The molecule has 2 aromatic heterocycles. The van der Waals surface area contributed by atoms with Gasteiger partial charge in [0.25, 0.3) is 10.0 Å². The Morgan fingerprint density at radius 3 is 2.42 bits per heavy atom. The fourth-order valence-electron chi connectivity index (χ4n) is 2.88. The van der Waals surface area contributed by atoms with Crippen LogP contribution in [-0.4, -0.2) is 29.3 Å². The van der Waals surface area contributed by atoms with E-state index >= 15 is 0 Å². The summed E-state index contributed by atoms with van der Waals surface area (Å²) in [4.78, 5) is 8.45. The summed E-state index contributed by atoms with van der Waals surface area (Å²) in [6.45, 7) is 6.18. The molecule has 0 radical (unpaired) electrons. The molecule has 1 aromatic carbocycles. The first kappa shape index (κ1) is 22.7. The SMILES string of the molecule is CC(C)(C)c1ccc(S(=O)(=O)Nc2ccc(Cl)c(C/C(=N/O)c3cccnc3)n2)cc1. The second-order valence-corrected chi connectivity index (χ2v) is 10.1. The fraction of sp³-hybridized carbons (Fsp3) is 0.227. The summed E-state index contributed by atoms with van der Waals surface area (Å²) in [6.07, 6.45) is 3.25. The number of nitrogens with one attached hydrogen (secondary N) is 1. The molecule has 162 valence electrons. The van der Waals surface area contributed by atoms with Crippen LogP contribution in [0.25, 0.3) is 0 Å². The van der Waals surface area contributed by atoms with E-state index in [-0.39, 0.29) is 22.5 Å². The van der Waals surface area contributed by atoms with Gasteiger partial charge in [-0.05, 0) is 47.4 Å². The van der Waals surface area contributed by atoms with Crippen LogP contribution >= 0.6 is 11.6 Å². The van der Waals surface area contributed by atoms with Gasteiger partial charge in [-0.15, -0.1) is 0 Å². The molecule has 0 fully saturated rings. The summed E-state index contributed by atoms with van der Waals surface area (Å²) in [5.74, 6) is 0.114. The number of anilines is 1. The third kappa shape index (κ3) is 5.59. The van der Waals surface area contributed by atoms with E-state index in [0.29, 0.717) is 22.0 Å². The van der Waals surface area contributed by atoms with E-state index in [9.17, 15) is 13.6 Å². The third-order valence-electron chi connectivity index (χ3n) is 4.64. The van der Waals surface area contributed by atoms with Crippen molar-refractivity contribution in [2.75, 3.05) is 4.72 Å². The first-order chi connectivity index (χ1) is 14.6. The number of halogens is 1. The smallest absolute Gasteiger partial charge is 0.263 e. The van der Waals surface area contributed by atoms with Crippen LogP contribution in [0.3, 0.4) is 0 Å². The summed E-state index contributed by atoms with van der Waals surface area (Å²) in [7, 11) is -3.84. The van der Waals surface area contributed by atoms with Crippen LogP contribution in [0.5, 0.6) is 0 Å². The molecule has 3 aromatic rings. The number of hydrogen-bond acceptors (Lipinski definition) is 6. The molecule has 0 aliphatic heterocycles. The average molecular weight is 459 g/mol. The lowest BCUT2D eigenvalue weighted by Gasteiger charge is -2.19. The number of benzene rings is 1. The molecule has 0 atom stereocenters. The number of nitrogens with zero attached hydrogens (tertiary/aromatic N) is 3. The van der Waals surface area contributed by atoms with Crippen molar-refractivity contribution in [3.05, 3.63) is 82.8 Å². The minimum absolute atomic E-state index is 0.0808. The van der Waals surface area contributed by atoms with Crippen molar-refractivity contribution in [3.8, 4) is 0 Å². The maximum Gasteiger partial charge on any atom is 0.263 e. The zero-order valence-electron chi connectivity index (χ0n) is 17.4. The van der Waals surface area contributed by atoms with E-state index in [4.69, 9.17) is 11.6 Å². The minimum Gasteiger partial charge on any atom is -0.411 e. The summed E-state index contributed by atoms with van der Waals surface area (Å²) in [6, 6.07) is 13.2. The molecule has 0 saturated carbocycles. The molecule has 0 saturated heterocycles. The second-order valence-electron chi connectivity index (χ2n) is 7.97. The number of hydrogen-bond donors (Lipinski definition) is 2. The normalized spacial score (nSPS) is 12.6. The van der Waals surface area contributed by atoms with E-state index in [1.54, 1.807) is 54.9 Å². The summed E-state index contributed by atoms with van der Waals surface area (Å²) in [5.41, 5.74) is 2.22. The maximum atomic E-state index is 12.8. The molecule has 7 nitrogen and oxygen atoms in total. The number of aromatic nitrogens is 2. The summed E-state index contributed by atoms with van der Waals surface area (Å²) in [5, 5.41) is 13.0. The Hall–Kier alpha value is -2.97. The lowest BCUT2D eigenvalue weighted by atomic mass is 9.87. The van der Waals surface area contributed by atoms with Gasteiger partial charge in [0.15, 0.2) is 0 Å². The quantitative estimate of drug-likeness (QED) is 0.318. The van der Waals surface area contributed by atoms with E-state index < -0.39 is 10.0 Å². The monoisotopic (exact) mass is 458 g/mol. The second kappa shape index (κ2) is 9.03. The molecule has 0 amide bonds. The number of rotatable bonds is 6. The molecule has 0 aliphatic carbocycles. The van der Waals surface area contributed by atoms with E-state index in [1.165, 1.54) is 6.07 Å². The zero-order chi connectivity index (χ0) is 22.6. The zero-order valence-corrected chi connectivity index (χ0v) is 18.9.